The molecule has 0 aliphatic heterocycles. The number of anilines is 1. The van der Waals surface area contributed by atoms with Crippen molar-refractivity contribution in [1.82, 2.24) is 0 Å². The first-order chi connectivity index (χ1) is 28.4. The van der Waals surface area contributed by atoms with Gasteiger partial charge in [0.05, 0.1) is 45.6 Å². The summed E-state index contributed by atoms with van der Waals surface area (Å²) in [6, 6.07) is 5.83. The summed E-state index contributed by atoms with van der Waals surface area (Å²) < 4.78 is 168. The van der Waals surface area contributed by atoms with E-state index < -0.39 is 97.0 Å². The molecule has 0 unspecified atom stereocenters. The summed E-state index contributed by atoms with van der Waals surface area (Å²) >= 11 is 0. The molecular weight excluding hydrogens is 925 g/mol. The second kappa shape index (κ2) is 22.8. The van der Waals surface area contributed by atoms with Crippen LogP contribution >= 0.6 is 0 Å². The minimum absolute atomic E-state index is 0.0452. The zero-order valence-corrected chi connectivity index (χ0v) is 37.8. The van der Waals surface area contributed by atoms with E-state index in [0.717, 1.165) is 18.2 Å². The van der Waals surface area contributed by atoms with Gasteiger partial charge in [-0.25, -0.2) is 9.59 Å². The average molecular weight is 974 g/mol. The van der Waals surface area contributed by atoms with Crippen LogP contribution < -0.4 is 4.90 Å². The fourth-order valence-electron chi connectivity index (χ4n) is 5.87. The molecule has 346 valence electrons. The van der Waals surface area contributed by atoms with Gasteiger partial charge in [-0.05, 0) is 75.9 Å². The summed E-state index contributed by atoms with van der Waals surface area (Å²) in [5, 5.41) is 9.88. The number of carbonyl (C=O) groups is 2. The Labute approximate surface area is 360 Å². The molecule has 0 heterocycles. The van der Waals surface area contributed by atoms with Crippen LogP contribution in [0.1, 0.15) is 70.9 Å². The molecular formula is C36H49N2O19S5+. The number of allylic oxidation sites excluding steroid dienone is 6. The van der Waals surface area contributed by atoms with Crippen molar-refractivity contribution < 1.29 is 88.9 Å². The van der Waals surface area contributed by atoms with Gasteiger partial charge >= 0.3 is 11.9 Å². The quantitative estimate of drug-likeness (QED) is 0.0207. The Bertz CT molecular complexity index is 2670. The molecule has 21 nitrogen and oxygen atoms in total. The van der Waals surface area contributed by atoms with Crippen molar-refractivity contribution in [2.45, 2.75) is 57.8 Å². The van der Waals surface area contributed by atoms with Crippen molar-refractivity contribution in [3.63, 3.8) is 0 Å². The molecule has 0 saturated heterocycles. The van der Waals surface area contributed by atoms with Crippen LogP contribution in [0.2, 0.25) is 0 Å². The molecule has 2 rings (SSSR count). The smallest absolute Gasteiger partial charge is 0.338 e. The molecule has 0 spiro atoms. The molecule has 0 fully saturated rings. The number of esters is 1. The summed E-state index contributed by atoms with van der Waals surface area (Å²) in [7, 11) is -22.2. The van der Waals surface area contributed by atoms with Crippen molar-refractivity contribution in [1.29, 1.82) is 0 Å². The highest BCUT2D eigenvalue weighted by atomic mass is 32.2. The van der Waals surface area contributed by atoms with Gasteiger partial charge in [-0.3, -0.25) is 22.8 Å². The zero-order valence-electron chi connectivity index (χ0n) is 33.7. The molecule has 0 aliphatic carbocycles. The van der Waals surface area contributed by atoms with Gasteiger partial charge in [0.15, 0.2) is 5.71 Å². The van der Waals surface area contributed by atoms with E-state index in [-0.39, 0.29) is 67.6 Å². The number of ether oxygens (including phenoxy) is 1. The molecule has 6 N–H and O–H groups in total. The Hall–Kier alpha value is -4.38. The lowest BCUT2D eigenvalue weighted by Crippen LogP contribution is -2.26. The van der Waals surface area contributed by atoms with Gasteiger partial charge in [0, 0.05) is 48.5 Å². The molecule has 2 aromatic carbocycles. The molecule has 2 aromatic rings. The maximum atomic E-state index is 13.1. The van der Waals surface area contributed by atoms with E-state index in [1.807, 2.05) is 0 Å². The van der Waals surface area contributed by atoms with Gasteiger partial charge in [-0.15, -0.1) is 0 Å². The zero-order chi connectivity index (χ0) is 47.3. The number of aromatic carboxylic acids is 1. The topological polar surface area (TPSA) is 342 Å². The number of benzene rings is 2. The van der Waals surface area contributed by atoms with Crippen LogP contribution in [-0.4, -0.2) is 135 Å². The van der Waals surface area contributed by atoms with E-state index in [9.17, 15) is 75.0 Å². The Morgan fingerprint density at radius 2 is 1.29 bits per heavy atom. The number of carbonyl (C=O) groups excluding carboxylic acids is 1. The van der Waals surface area contributed by atoms with E-state index >= 15 is 0 Å². The number of rotatable bonds is 25. The third-order valence-electron chi connectivity index (χ3n) is 8.70. The maximum absolute atomic E-state index is 13.1. The minimum Gasteiger partial charge on any atom is -0.478 e. The molecule has 0 saturated carbocycles. The van der Waals surface area contributed by atoms with E-state index in [1.54, 1.807) is 6.92 Å². The number of hydrogen-bond acceptors (Lipinski definition) is 14. The third kappa shape index (κ3) is 19.8. The van der Waals surface area contributed by atoms with Gasteiger partial charge in [0.1, 0.15) is 6.54 Å². The highest BCUT2D eigenvalue weighted by molar-refractivity contribution is 7.86. The number of hydrogen-bond donors (Lipinski definition) is 6. The minimum atomic E-state index is -4.61. The molecule has 0 atom stereocenters. The fraction of sp³-hybridized carbons (Fsp3) is 0.417. The lowest BCUT2D eigenvalue weighted by atomic mass is 10.0. The summed E-state index contributed by atoms with van der Waals surface area (Å²) in [5.74, 6) is -5.20. The Balaban J connectivity index is 2.71. The van der Waals surface area contributed by atoms with Crippen LogP contribution in [0.15, 0.2) is 71.3 Å². The summed E-state index contributed by atoms with van der Waals surface area (Å²) in [5.41, 5.74) is 1.00. The SMILES string of the molecule is C\C(=C/C=C/C=C/C(CCCS(=O)(=O)O)=[N+](CCCS(=O)(=O)O)c1ccc(S(=O)(=O)O)cc1C)N(CCCS(=O)(=O)O)c1cc(C(=O)O)cc(C(=O)OCCCS(=O)(=O)O)c1C. The van der Waals surface area contributed by atoms with E-state index in [4.69, 9.17) is 9.29 Å². The van der Waals surface area contributed by atoms with Crippen LogP contribution in [0.4, 0.5) is 11.4 Å². The van der Waals surface area contributed by atoms with Crippen molar-refractivity contribution >= 4 is 79.6 Å². The van der Waals surface area contributed by atoms with E-state index in [1.165, 1.54) is 65.8 Å². The van der Waals surface area contributed by atoms with Crippen LogP contribution in [0.5, 0.6) is 0 Å². The summed E-state index contributed by atoms with van der Waals surface area (Å²) in [4.78, 5) is 26.2. The number of aryl methyl sites for hydroxylation is 1. The monoisotopic (exact) mass is 973 g/mol. The Morgan fingerprint density at radius 3 is 1.84 bits per heavy atom. The third-order valence-corrected chi connectivity index (χ3v) is 12.8. The first-order valence-electron chi connectivity index (χ1n) is 18.2. The van der Waals surface area contributed by atoms with Gasteiger partial charge in [-0.1, -0.05) is 18.2 Å². The van der Waals surface area contributed by atoms with Crippen molar-refractivity contribution in [2.75, 3.05) is 47.6 Å². The fourth-order valence-corrected chi connectivity index (χ4v) is 8.41. The van der Waals surface area contributed by atoms with Gasteiger partial charge < -0.3 is 14.7 Å². The van der Waals surface area contributed by atoms with Gasteiger partial charge in [-0.2, -0.15) is 46.7 Å². The predicted molar refractivity (Wildman–Crippen MR) is 227 cm³/mol. The first kappa shape index (κ1) is 53.8. The maximum Gasteiger partial charge on any atom is 0.338 e. The largest absolute Gasteiger partial charge is 0.478 e. The van der Waals surface area contributed by atoms with Gasteiger partial charge in [0.2, 0.25) is 5.69 Å². The molecule has 0 bridgehead atoms. The van der Waals surface area contributed by atoms with Crippen molar-refractivity contribution in [3.05, 3.63) is 88.7 Å². The first-order valence-corrected chi connectivity index (χ1v) is 26.1. The standard InChI is InChI=1S/C36H48N2O19S5/c1-26-23-31(62(54,55)56)14-15-33(26)38(17-9-21-60(48,49)50)30(13-7-19-58(42,43)44)12-6-4-5-11-27(2)37(16-8-20-59(45,46)47)34-25-29(35(39)40)24-32(28(34)3)36(41)57-18-10-22-61(51,52)53/h4-6,11-12,14-15,23-25H,7-10,13,16-22H2,1-3H3,(H5-,39,40,42,43,44,45,46,47,48,49,50,51,52,53,54,55,56)/p+1. The van der Waals surface area contributed by atoms with Crippen molar-refractivity contribution in [2.24, 2.45) is 0 Å². The van der Waals surface area contributed by atoms with E-state index in [2.05, 4.69) is 0 Å². The van der Waals surface area contributed by atoms with Crippen molar-refractivity contribution in [3.8, 4) is 0 Å². The Morgan fingerprint density at radius 1 is 0.726 bits per heavy atom. The highest BCUT2D eigenvalue weighted by Crippen LogP contribution is 2.30. The molecule has 0 aliphatic rings. The van der Waals surface area contributed by atoms with Crippen LogP contribution in [0.25, 0.3) is 0 Å². The molecule has 62 heavy (non-hydrogen) atoms. The highest BCUT2D eigenvalue weighted by Gasteiger charge is 2.24. The van der Waals surface area contributed by atoms with E-state index in [0.29, 0.717) is 22.7 Å². The number of nitrogens with zero attached hydrogens (tertiary/aromatic N) is 2. The summed E-state index contributed by atoms with van der Waals surface area (Å²) in [6.07, 6.45) is 6.70. The molecule has 0 radical (unpaired) electrons. The molecule has 0 aromatic heterocycles. The normalized spacial score (nSPS) is 13.7. The lowest BCUT2D eigenvalue weighted by molar-refractivity contribution is -0.441. The molecule has 26 heteroatoms. The van der Waals surface area contributed by atoms with Crippen LogP contribution in [-0.2, 0) is 55.3 Å². The van der Waals surface area contributed by atoms with Crippen LogP contribution in [0, 0.1) is 13.8 Å². The number of carboxylic acid groups (broad SMARTS) is 1. The predicted octanol–water partition coefficient (Wildman–Crippen LogP) is 3.51. The lowest BCUT2D eigenvalue weighted by Gasteiger charge is -2.28. The second-order valence-electron chi connectivity index (χ2n) is 13.7. The van der Waals surface area contributed by atoms with Gasteiger partial charge in [0.25, 0.3) is 50.6 Å². The Kier molecular flexibility index (Phi) is 19.8. The molecule has 0 amide bonds. The van der Waals surface area contributed by atoms with Crippen LogP contribution in [0.3, 0.4) is 0 Å². The average Bonchev–Trinajstić information content (AvgIpc) is 3.11. The number of carboxylic acids is 1. The summed E-state index contributed by atoms with van der Waals surface area (Å²) in [6.45, 7) is 3.83. The second-order valence-corrected chi connectivity index (χ2v) is 21.4.